The quantitative estimate of drug-likeness (QED) is 0.573. The highest BCUT2D eigenvalue weighted by atomic mass is 16.5. The van der Waals surface area contributed by atoms with E-state index in [1.54, 1.807) is 24.2 Å². The first-order valence-electron chi connectivity index (χ1n) is 4.87. The van der Waals surface area contributed by atoms with Crippen LogP contribution in [0.2, 0.25) is 0 Å². The van der Waals surface area contributed by atoms with Crippen molar-refractivity contribution in [3.8, 4) is 0 Å². The molecule has 1 aromatic rings. The highest BCUT2D eigenvalue weighted by Gasteiger charge is 2.10. The van der Waals surface area contributed by atoms with Crippen molar-refractivity contribution in [2.24, 2.45) is 5.73 Å². The molecule has 1 unspecified atom stereocenters. The topological polar surface area (TPSA) is 102 Å². The first-order valence-corrected chi connectivity index (χ1v) is 4.87. The van der Waals surface area contributed by atoms with Crippen LogP contribution in [0.4, 0.5) is 5.69 Å². The van der Waals surface area contributed by atoms with Crippen molar-refractivity contribution in [2.75, 3.05) is 25.6 Å². The average Bonchev–Trinajstić information content (AvgIpc) is 2.70. The predicted molar refractivity (Wildman–Crippen MR) is 58.2 cm³/mol. The summed E-state index contributed by atoms with van der Waals surface area (Å²) in [6, 6.07) is -0.915. The van der Waals surface area contributed by atoms with Crippen molar-refractivity contribution >= 4 is 11.7 Å². The van der Waals surface area contributed by atoms with Crippen LogP contribution >= 0.6 is 0 Å². The molecule has 0 aliphatic heterocycles. The van der Waals surface area contributed by atoms with Gasteiger partial charge < -0.3 is 20.9 Å². The third-order valence-electron chi connectivity index (χ3n) is 2.00. The summed E-state index contributed by atoms with van der Waals surface area (Å²) in [5.41, 5.74) is 6.09. The highest BCUT2D eigenvalue weighted by Crippen LogP contribution is 2.04. The van der Waals surface area contributed by atoms with Gasteiger partial charge in [0.05, 0.1) is 25.0 Å². The maximum Gasteiger partial charge on any atom is 0.322 e. The minimum atomic E-state index is -1.03. The number of hydrogen-bond acceptors (Lipinski definition) is 5. The zero-order valence-corrected chi connectivity index (χ0v) is 9.09. The van der Waals surface area contributed by atoms with E-state index in [0.29, 0.717) is 13.2 Å². The minimum Gasteiger partial charge on any atom is -0.480 e. The number of nitrogens with one attached hydrogen (secondary N) is 1. The number of carboxylic acids is 1. The monoisotopic (exact) mass is 228 g/mol. The molecule has 0 saturated carbocycles. The van der Waals surface area contributed by atoms with Crippen molar-refractivity contribution in [3.63, 3.8) is 0 Å². The van der Waals surface area contributed by atoms with E-state index in [4.69, 9.17) is 15.6 Å². The van der Waals surface area contributed by atoms with Crippen molar-refractivity contribution < 1.29 is 14.6 Å². The Bertz CT molecular complexity index is 339. The van der Waals surface area contributed by atoms with Crippen molar-refractivity contribution in [1.82, 2.24) is 9.78 Å². The molecule has 0 fully saturated rings. The summed E-state index contributed by atoms with van der Waals surface area (Å²) in [5, 5.41) is 15.5. The fourth-order valence-electron chi connectivity index (χ4n) is 1.08. The number of nitrogens with two attached hydrogens (primary N) is 1. The summed E-state index contributed by atoms with van der Waals surface area (Å²) in [4.78, 5) is 10.5. The number of carbonyl (C=O) groups is 1. The molecule has 1 atom stereocenters. The lowest BCUT2D eigenvalue weighted by Crippen LogP contribution is -2.36. The van der Waals surface area contributed by atoms with Gasteiger partial charge >= 0.3 is 5.97 Å². The van der Waals surface area contributed by atoms with Gasteiger partial charge in [-0.2, -0.15) is 5.10 Å². The maximum atomic E-state index is 10.5. The maximum absolute atomic E-state index is 10.5. The standard InChI is InChI=1S/C9H16N4O3/c1-16-3-2-13-6-7(4-12-13)11-5-8(10)9(14)15/h4,6,8,11H,2-3,5,10H2,1H3,(H,14,15). The summed E-state index contributed by atoms with van der Waals surface area (Å²) >= 11 is 0. The Morgan fingerprint density at radius 1 is 1.81 bits per heavy atom. The van der Waals surface area contributed by atoms with Gasteiger partial charge in [0.25, 0.3) is 0 Å². The number of aliphatic carboxylic acids is 1. The summed E-state index contributed by atoms with van der Waals surface area (Å²) in [6.45, 7) is 1.41. The SMILES string of the molecule is COCCn1cc(NCC(N)C(=O)O)cn1. The largest absolute Gasteiger partial charge is 0.480 e. The fraction of sp³-hybridized carbons (Fsp3) is 0.556. The Morgan fingerprint density at radius 2 is 2.56 bits per heavy atom. The van der Waals surface area contributed by atoms with Crippen LogP contribution < -0.4 is 11.1 Å². The Hall–Kier alpha value is -1.60. The molecule has 0 aliphatic rings. The van der Waals surface area contributed by atoms with Crippen LogP contribution in [-0.2, 0) is 16.1 Å². The van der Waals surface area contributed by atoms with Gasteiger partial charge in [-0.15, -0.1) is 0 Å². The Kier molecular flexibility index (Phi) is 4.74. The van der Waals surface area contributed by atoms with Crippen molar-refractivity contribution in [2.45, 2.75) is 12.6 Å². The average molecular weight is 228 g/mol. The van der Waals surface area contributed by atoms with Gasteiger partial charge in [0.1, 0.15) is 6.04 Å². The number of aromatic nitrogens is 2. The number of methoxy groups -OCH3 is 1. The Morgan fingerprint density at radius 3 is 3.19 bits per heavy atom. The molecule has 0 aliphatic carbocycles. The molecule has 1 aromatic heterocycles. The molecule has 0 spiro atoms. The van der Waals surface area contributed by atoms with E-state index in [1.165, 1.54) is 0 Å². The summed E-state index contributed by atoms with van der Waals surface area (Å²) in [6.07, 6.45) is 3.39. The lowest BCUT2D eigenvalue weighted by atomic mass is 10.3. The van der Waals surface area contributed by atoms with Gasteiger partial charge in [-0.05, 0) is 0 Å². The molecule has 16 heavy (non-hydrogen) atoms. The number of hydrogen-bond donors (Lipinski definition) is 3. The van der Waals surface area contributed by atoms with Crippen molar-refractivity contribution in [3.05, 3.63) is 12.4 Å². The predicted octanol–water partition coefficient (Wildman–Crippen LogP) is -0.647. The van der Waals surface area contributed by atoms with Crippen LogP contribution in [0.3, 0.4) is 0 Å². The molecule has 0 amide bonds. The molecule has 7 heteroatoms. The molecule has 0 bridgehead atoms. The van der Waals surface area contributed by atoms with E-state index in [0.717, 1.165) is 5.69 Å². The zero-order valence-electron chi connectivity index (χ0n) is 9.09. The van der Waals surface area contributed by atoms with Gasteiger partial charge in [0, 0.05) is 19.9 Å². The molecule has 7 nitrogen and oxygen atoms in total. The third kappa shape index (κ3) is 3.87. The van der Waals surface area contributed by atoms with E-state index in [-0.39, 0.29) is 6.54 Å². The third-order valence-corrected chi connectivity index (χ3v) is 2.00. The first kappa shape index (κ1) is 12.5. The van der Waals surface area contributed by atoms with E-state index in [9.17, 15) is 4.79 Å². The van der Waals surface area contributed by atoms with Crippen LogP contribution in [-0.4, -0.2) is 47.2 Å². The van der Waals surface area contributed by atoms with Gasteiger partial charge in [0.2, 0.25) is 0 Å². The van der Waals surface area contributed by atoms with Gasteiger partial charge in [0.15, 0.2) is 0 Å². The van der Waals surface area contributed by atoms with Crippen LogP contribution in [0, 0.1) is 0 Å². The lowest BCUT2D eigenvalue weighted by Gasteiger charge is -2.06. The van der Waals surface area contributed by atoms with Crippen LogP contribution in [0.15, 0.2) is 12.4 Å². The summed E-state index contributed by atoms with van der Waals surface area (Å²) in [5.74, 6) is -1.03. The van der Waals surface area contributed by atoms with E-state index >= 15 is 0 Å². The van der Waals surface area contributed by atoms with E-state index < -0.39 is 12.0 Å². The molecule has 1 heterocycles. The van der Waals surface area contributed by atoms with Crippen LogP contribution in [0.25, 0.3) is 0 Å². The molecule has 0 saturated heterocycles. The van der Waals surface area contributed by atoms with Gasteiger partial charge in [-0.1, -0.05) is 0 Å². The number of nitrogens with zero attached hydrogens (tertiary/aromatic N) is 2. The fourth-order valence-corrected chi connectivity index (χ4v) is 1.08. The van der Waals surface area contributed by atoms with Crippen molar-refractivity contribution in [1.29, 1.82) is 0 Å². The molecule has 90 valence electrons. The lowest BCUT2D eigenvalue weighted by molar-refractivity contribution is -0.138. The molecular formula is C9H16N4O3. The van der Waals surface area contributed by atoms with E-state index in [2.05, 4.69) is 10.4 Å². The Labute approximate surface area is 93.2 Å². The molecule has 0 radical (unpaired) electrons. The van der Waals surface area contributed by atoms with E-state index in [1.807, 2.05) is 0 Å². The molecular weight excluding hydrogens is 212 g/mol. The normalized spacial score (nSPS) is 12.4. The molecule has 0 aromatic carbocycles. The smallest absolute Gasteiger partial charge is 0.322 e. The second kappa shape index (κ2) is 6.09. The summed E-state index contributed by atoms with van der Waals surface area (Å²) in [7, 11) is 1.62. The second-order valence-electron chi connectivity index (χ2n) is 3.31. The number of ether oxygens (including phenoxy) is 1. The number of anilines is 1. The molecule has 4 N–H and O–H groups in total. The van der Waals surface area contributed by atoms with Gasteiger partial charge in [-0.25, -0.2) is 0 Å². The van der Waals surface area contributed by atoms with Crippen LogP contribution in [0.5, 0.6) is 0 Å². The first-order chi connectivity index (χ1) is 7.63. The summed E-state index contributed by atoms with van der Waals surface area (Å²) < 4.78 is 6.61. The van der Waals surface area contributed by atoms with Crippen LogP contribution in [0.1, 0.15) is 0 Å². The zero-order chi connectivity index (χ0) is 12.0. The Balaban J connectivity index is 2.37. The second-order valence-corrected chi connectivity index (χ2v) is 3.31. The number of carboxylic acid groups (broad SMARTS) is 1. The minimum absolute atomic E-state index is 0.172. The highest BCUT2D eigenvalue weighted by molar-refractivity contribution is 5.73. The number of rotatable bonds is 7. The molecule has 1 rings (SSSR count). The van der Waals surface area contributed by atoms with Gasteiger partial charge in [-0.3, -0.25) is 9.48 Å².